The van der Waals surface area contributed by atoms with E-state index in [1.807, 2.05) is 13.0 Å². The van der Waals surface area contributed by atoms with Gasteiger partial charge in [-0.3, -0.25) is 0 Å². The maximum atomic E-state index is 7.62. The summed E-state index contributed by atoms with van der Waals surface area (Å²) in [4.78, 5) is 0. The van der Waals surface area contributed by atoms with Crippen molar-refractivity contribution in [1.29, 1.82) is 10.5 Å². The molecule has 0 saturated heterocycles. The number of hydrogen-bond acceptors (Lipinski definition) is 2. The molecule has 0 aromatic heterocycles. The lowest BCUT2D eigenvalue weighted by atomic mass is 10.6. The van der Waals surface area contributed by atoms with E-state index in [9.17, 15) is 0 Å². The van der Waals surface area contributed by atoms with Gasteiger partial charge in [0.2, 0.25) is 0 Å². The average Bonchev–Trinajstić information content (AvgIpc) is 1.88. The molecular formula is C6H8N2. The molecule has 0 atom stereocenters. The number of nitrogens with zero attached hydrogens (tertiary/aromatic N) is 2. The van der Waals surface area contributed by atoms with Gasteiger partial charge in [-0.1, -0.05) is 13.5 Å². The normalized spacial score (nSPS) is 4.38. The van der Waals surface area contributed by atoms with Gasteiger partial charge in [-0.25, -0.2) is 0 Å². The fourth-order valence-electron chi connectivity index (χ4n) is 0. The summed E-state index contributed by atoms with van der Waals surface area (Å²) >= 11 is 0. The molecule has 0 saturated carbocycles. The lowest BCUT2D eigenvalue weighted by molar-refractivity contribution is 1.22. The zero-order valence-corrected chi connectivity index (χ0v) is 4.89. The Labute approximate surface area is 49.7 Å². The van der Waals surface area contributed by atoms with E-state index in [1.165, 1.54) is 6.08 Å². The van der Waals surface area contributed by atoms with E-state index in [2.05, 4.69) is 6.58 Å². The third-order valence-electron chi connectivity index (χ3n) is 0.249. The highest BCUT2D eigenvalue weighted by molar-refractivity contribution is 4.93. The van der Waals surface area contributed by atoms with Gasteiger partial charge in [-0.2, -0.15) is 10.5 Å². The van der Waals surface area contributed by atoms with Crippen molar-refractivity contribution >= 4 is 0 Å². The van der Waals surface area contributed by atoms with Crippen molar-refractivity contribution in [1.82, 2.24) is 0 Å². The second kappa shape index (κ2) is 17.2. The molecular weight excluding hydrogens is 100 g/mol. The monoisotopic (exact) mass is 108 g/mol. The lowest BCUT2D eigenvalue weighted by Crippen LogP contribution is -1.38. The Morgan fingerprint density at radius 1 is 1.62 bits per heavy atom. The predicted molar refractivity (Wildman–Crippen MR) is 31.7 cm³/mol. The van der Waals surface area contributed by atoms with Gasteiger partial charge in [0.15, 0.2) is 0 Å². The molecule has 0 unspecified atom stereocenters. The van der Waals surface area contributed by atoms with Crippen LogP contribution in [0.2, 0.25) is 0 Å². The van der Waals surface area contributed by atoms with Crippen molar-refractivity contribution in [3.63, 3.8) is 0 Å². The molecule has 2 heteroatoms. The lowest BCUT2D eigenvalue weighted by Gasteiger charge is -1.47. The highest BCUT2D eigenvalue weighted by Gasteiger charge is 1.49. The van der Waals surface area contributed by atoms with Crippen LogP contribution in [0, 0.1) is 22.7 Å². The van der Waals surface area contributed by atoms with Gasteiger partial charge in [-0.15, -0.1) is 0 Å². The second-order valence-electron chi connectivity index (χ2n) is 0.845. The molecule has 0 spiro atoms. The third-order valence-corrected chi connectivity index (χ3v) is 0.249. The second-order valence-corrected chi connectivity index (χ2v) is 0.845. The summed E-state index contributed by atoms with van der Waals surface area (Å²) in [6.07, 6.45) is 1.81. The summed E-state index contributed by atoms with van der Waals surface area (Å²) < 4.78 is 0. The van der Waals surface area contributed by atoms with Crippen LogP contribution in [0.25, 0.3) is 0 Å². The van der Waals surface area contributed by atoms with Gasteiger partial charge in [0.25, 0.3) is 0 Å². The summed E-state index contributed by atoms with van der Waals surface area (Å²) in [6, 6.07) is 3.62. The highest BCUT2D eigenvalue weighted by atomic mass is 14.2. The van der Waals surface area contributed by atoms with Crippen LogP contribution in [-0.4, -0.2) is 0 Å². The first kappa shape index (κ1) is 9.87. The number of allylic oxidation sites excluding steroid dienone is 1. The van der Waals surface area contributed by atoms with Crippen LogP contribution in [0.15, 0.2) is 12.7 Å². The first-order valence-electron chi connectivity index (χ1n) is 2.20. The Morgan fingerprint density at radius 3 is 1.88 bits per heavy atom. The molecule has 0 amide bonds. The van der Waals surface area contributed by atoms with E-state index in [4.69, 9.17) is 10.5 Å². The van der Waals surface area contributed by atoms with Gasteiger partial charge < -0.3 is 0 Å². The van der Waals surface area contributed by atoms with E-state index in [1.54, 1.807) is 6.07 Å². The fourth-order valence-corrected chi connectivity index (χ4v) is 0. The zero-order valence-electron chi connectivity index (χ0n) is 4.89. The number of hydrogen-bond donors (Lipinski definition) is 0. The molecule has 0 aromatic carbocycles. The quantitative estimate of drug-likeness (QED) is 0.442. The molecule has 2 nitrogen and oxygen atoms in total. The zero-order chi connectivity index (χ0) is 6.83. The number of rotatable bonds is 0. The SMILES string of the molecule is C=CC#N.CCC#N. The topological polar surface area (TPSA) is 47.6 Å². The molecule has 0 aliphatic carbocycles. The standard InChI is InChI=1S/C3H5N.C3H3N/c2*1-2-3-4/h2H2,1H3;2H,1H2. The first-order valence-corrected chi connectivity index (χ1v) is 2.20. The Bertz CT molecular complexity index is 113. The summed E-state index contributed by atoms with van der Waals surface area (Å²) in [5.41, 5.74) is 0. The van der Waals surface area contributed by atoms with Gasteiger partial charge >= 0.3 is 0 Å². The van der Waals surface area contributed by atoms with Crippen LogP contribution in [0.3, 0.4) is 0 Å². The van der Waals surface area contributed by atoms with E-state index in [-0.39, 0.29) is 0 Å². The molecule has 0 fully saturated rings. The summed E-state index contributed by atoms with van der Waals surface area (Å²) in [7, 11) is 0. The highest BCUT2D eigenvalue weighted by Crippen LogP contribution is 1.58. The Morgan fingerprint density at radius 2 is 1.88 bits per heavy atom. The van der Waals surface area contributed by atoms with E-state index < -0.39 is 0 Å². The molecule has 0 aromatic rings. The van der Waals surface area contributed by atoms with Crippen molar-refractivity contribution in [2.24, 2.45) is 0 Å². The molecule has 0 aliphatic rings. The predicted octanol–water partition coefficient (Wildman–Crippen LogP) is 1.62. The minimum absolute atomic E-state index is 0.625. The molecule has 0 N–H and O–H groups in total. The van der Waals surface area contributed by atoms with Gasteiger partial charge in [0.1, 0.15) is 0 Å². The van der Waals surface area contributed by atoms with E-state index in [0.29, 0.717) is 6.42 Å². The molecule has 42 valence electrons. The number of nitriles is 2. The summed E-state index contributed by atoms with van der Waals surface area (Å²) in [6.45, 7) is 4.94. The van der Waals surface area contributed by atoms with Crippen LogP contribution in [0.1, 0.15) is 13.3 Å². The van der Waals surface area contributed by atoms with Crippen molar-refractivity contribution in [3.05, 3.63) is 12.7 Å². The van der Waals surface area contributed by atoms with E-state index >= 15 is 0 Å². The Balaban J connectivity index is 0. The van der Waals surface area contributed by atoms with Gasteiger partial charge in [-0.05, 0) is 0 Å². The molecule has 0 bridgehead atoms. The van der Waals surface area contributed by atoms with Crippen molar-refractivity contribution in [3.8, 4) is 12.1 Å². The van der Waals surface area contributed by atoms with Crippen LogP contribution in [0.4, 0.5) is 0 Å². The maximum Gasteiger partial charge on any atom is 0.0905 e. The molecule has 0 heterocycles. The minimum Gasteiger partial charge on any atom is -0.198 e. The Hall–Kier alpha value is -1.28. The molecule has 8 heavy (non-hydrogen) atoms. The van der Waals surface area contributed by atoms with Crippen molar-refractivity contribution in [2.75, 3.05) is 0 Å². The largest absolute Gasteiger partial charge is 0.198 e. The van der Waals surface area contributed by atoms with Crippen molar-refractivity contribution in [2.45, 2.75) is 13.3 Å². The third kappa shape index (κ3) is 126. The van der Waals surface area contributed by atoms with Crippen LogP contribution in [0.5, 0.6) is 0 Å². The van der Waals surface area contributed by atoms with Crippen molar-refractivity contribution < 1.29 is 0 Å². The summed E-state index contributed by atoms with van der Waals surface area (Å²) in [5, 5.41) is 15.1. The van der Waals surface area contributed by atoms with E-state index in [0.717, 1.165) is 0 Å². The average molecular weight is 108 g/mol. The van der Waals surface area contributed by atoms with Crippen LogP contribution < -0.4 is 0 Å². The fraction of sp³-hybridized carbons (Fsp3) is 0.333. The molecule has 0 aliphatic heterocycles. The summed E-state index contributed by atoms with van der Waals surface area (Å²) in [5.74, 6) is 0. The minimum atomic E-state index is 0.625. The van der Waals surface area contributed by atoms with Gasteiger partial charge in [0.05, 0.1) is 12.1 Å². The molecule has 0 radical (unpaired) electrons. The van der Waals surface area contributed by atoms with Crippen LogP contribution in [-0.2, 0) is 0 Å². The maximum absolute atomic E-state index is 7.62. The first-order chi connectivity index (χ1) is 3.83. The van der Waals surface area contributed by atoms with Gasteiger partial charge in [0, 0.05) is 12.5 Å². The van der Waals surface area contributed by atoms with Crippen LogP contribution >= 0.6 is 0 Å². The molecule has 0 rings (SSSR count). The Kier molecular flexibility index (Phi) is 21.2. The smallest absolute Gasteiger partial charge is 0.0905 e.